The predicted molar refractivity (Wildman–Crippen MR) is 71.3 cm³/mol. The van der Waals surface area contributed by atoms with E-state index in [4.69, 9.17) is 0 Å². The van der Waals surface area contributed by atoms with E-state index in [-0.39, 0.29) is 12.5 Å². The van der Waals surface area contributed by atoms with E-state index < -0.39 is 11.9 Å². The molecule has 21 heavy (non-hydrogen) atoms. The molecule has 0 aromatic carbocycles. The molecule has 4 nitrogen and oxygen atoms in total. The summed E-state index contributed by atoms with van der Waals surface area (Å²) in [6.45, 7) is 2.07. The van der Waals surface area contributed by atoms with E-state index in [1.165, 1.54) is 6.07 Å². The van der Waals surface area contributed by atoms with E-state index in [1.54, 1.807) is 0 Å². The molecule has 2 heterocycles. The van der Waals surface area contributed by atoms with Crippen molar-refractivity contribution in [2.24, 2.45) is 5.92 Å². The summed E-state index contributed by atoms with van der Waals surface area (Å²) in [5.74, 6) is 0.318. The lowest BCUT2D eigenvalue weighted by molar-refractivity contribution is -0.141. The lowest BCUT2D eigenvalue weighted by Gasteiger charge is -2.21. The largest absolute Gasteiger partial charge is 0.433 e. The highest BCUT2D eigenvalue weighted by atomic mass is 19.4. The van der Waals surface area contributed by atoms with Crippen molar-refractivity contribution in [3.63, 3.8) is 0 Å². The van der Waals surface area contributed by atoms with Gasteiger partial charge in [-0.15, -0.1) is 0 Å². The van der Waals surface area contributed by atoms with Crippen LogP contribution in [0.3, 0.4) is 0 Å². The third kappa shape index (κ3) is 5.00. The fourth-order valence-electron chi connectivity index (χ4n) is 2.32. The molecular weight excluding hydrogens is 283 g/mol. The second-order valence-electron chi connectivity index (χ2n) is 5.22. The van der Waals surface area contributed by atoms with Crippen LogP contribution in [0.25, 0.3) is 0 Å². The summed E-state index contributed by atoms with van der Waals surface area (Å²) in [6, 6.07) is 2.26. The first kappa shape index (κ1) is 15.8. The average molecular weight is 301 g/mol. The van der Waals surface area contributed by atoms with Crippen LogP contribution in [0.2, 0.25) is 0 Å². The molecule has 1 aliphatic heterocycles. The molecule has 2 rings (SSSR count). The number of amides is 1. The van der Waals surface area contributed by atoms with Gasteiger partial charge in [0.15, 0.2) is 0 Å². The van der Waals surface area contributed by atoms with E-state index in [9.17, 15) is 18.0 Å². The molecule has 1 amide bonds. The van der Waals surface area contributed by atoms with Gasteiger partial charge in [0.05, 0.1) is 0 Å². The van der Waals surface area contributed by atoms with Gasteiger partial charge < -0.3 is 10.6 Å². The topological polar surface area (TPSA) is 54.0 Å². The Hall–Kier alpha value is -1.63. The summed E-state index contributed by atoms with van der Waals surface area (Å²) in [5.41, 5.74) is -0.367. The van der Waals surface area contributed by atoms with Gasteiger partial charge in [-0.2, -0.15) is 13.2 Å². The number of piperidine rings is 1. The van der Waals surface area contributed by atoms with Gasteiger partial charge in [-0.1, -0.05) is 6.07 Å². The molecule has 0 unspecified atom stereocenters. The molecule has 0 aliphatic carbocycles. The minimum atomic E-state index is -4.43. The number of halogens is 3. The number of alkyl halides is 3. The molecule has 0 bridgehead atoms. The first-order valence-corrected chi connectivity index (χ1v) is 6.94. The Morgan fingerprint density at radius 2 is 2.05 bits per heavy atom. The minimum Gasteiger partial charge on any atom is -0.352 e. The van der Waals surface area contributed by atoms with Crippen molar-refractivity contribution in [3.05, 3.63) is 29.6 Å². The van der Waals surface area contributed by atoms with Gasteiger partial charge in [-0.25, -0.2) is 0 Å². The first-order chi connectivity index (χ1) is 9.95. The number of rotatable bonds is 4. The lowest BCUT2D eigenvalue weighted by atomic mass is 9.94. The molecule has 1 saturated heterocycles. The maximum absolute atomic E-state index is 12.4. The molecule has 0 spiro atoms. The molecule has 0 atom stereocenters. The SMILES string of the molecule is O=C(CC1CCNCC1)NCc1ccc(C(F)(F)F)nc1. The molecule has 1 aliphatic rings. The zero-order chi connectivity index (χ0) is 15.3. The highest BCUT2D eigenvalue weighted by Gasteiger charge is 2.31. The van der Waals surface area contributed by atoms with Crippen LogP contribution in [-0.2, 0) is 17.5 Å². The number of pyridine rings is 1. The number of aromatic nitrogens is 1. The van der Waals surface area contributed by atoms with Crippen LogP contribution in [-0.4, -0.2) is 24.0 Å². The van der Waals surface area contributed by atoms with Crippen LogP contribution in [0.15, 0.2) is 18.3 Å². The second kappa shape index (κ2) is 6.89. The molecule has 116 valence electrons. The molecule has 1 aromatic rings. The van der Waals surface area contributed by atoms with Crippen molar-refractivity contribution in [3.8, 4) is 0 Å². The smallest absolute Gasteiger partial charge is 0.352 e. The van der Waals surface area contributed by atoms with Crippen molar-refractivity contribution in [2.75, 3.05) is 13.1 Å². The second-order valence-corrected chi connectivity index (χ2v) is 5.22. The van der Waals surface area contributed by atoms with Gasteiger partial charge >= 0.3 is 6.18 Å². The number of carbonyl (C=O) groups is 1. The van der Waals surface area contributed by atoms with E-state index >= 15 is 0 Å². The van der Waals surface area contributed by atoms with Crippen LogP contribution >= 0.6 is 0 Å². The monoisotopic (exact) mass is 301 g/mol. The number of hydrogen-bond donors (Lipinski definition) is 2. The Labute approximate surface area is 121 Å². The van der Waals surface area contributed by atoms with Crippen LogP contribution < -0.4 is 10.6 Å². The molecular formula is C14H18F3N3O. The summed E-state index contributed by atoms with van der Waals surface area (Å²) in [5, 5.41) is 5.96. The molecule has 1 aromatic heterocycles. The molecule has 0 saturated carbocycles. The zero-order valence-corrected chi connectivity index (χ0v) is 11.5. The summed E-state index contributed by atoms with van der Waals surface area (Å²) >= 11 is 0. The number of nitrogens with one attached hydrogen (secondary N) is 2. The average Bonchev–Trinajstić information content (AvgIpc) is 2.46. The van der Waals surface area contributed by atoms with Crippen LogP contribution in [0.5, 0.6) is 0 Å². The summed E-state index contributed by atoms with van der Waals surface area (Å²) < 4.78 is 37.1. The molecule has 1 fully saturated rings. The number of carbonyl (C=O) groups excluding carboxylic acids is 1. The minimum absolute atomic E-state index is 0.0678. The van der Waals surface area contributed by atoms with Crippen LogP contribution in [0, 0.1) is 5.92 Å². The third-order valence-corrected chi connectivity index (χ3v) is 3.54. The van der Waals surface area contributed by atoms with E-state index in [1.807, 2.05) is 0 Å². The summed E-state index contributed by atoms with van der Waals surface area (Å²) in [4.78, 5) is 15.1. The first-order valence-electron chi connectivity index (χ1n) is 6.94. The maximum atomic E-state index is 12.4. The van der Waals surface area contributed by atoms with Crippen molar-refractivity contribution in [1.29, 1.82) is 0 Å². The van der Waals surface area contributed by atoms with Gasteiger partial charge in [0.2, 0.25) is 5.91 Å². The fourth-order valence-corrected chi connectivity index (χ4v) is 2.32. The Morgan fingerprint density at radius 1 is 1.33 bits per heavy atom. The van der Waals surface area contributed by atoms with E-state index in [2.05, 4.69) is 15.6 Å². The standard InChI is InChI=1S/C14H18F3N3O/c15-14(16,17)12-2-1-11(8-19-12)9-20-13(21)7-10-3-5-18-6-4-10/h1-2,8,10,18H,3-7,9H2,(H,20,21). The third-order valence-electron chi connectivity index (χ3n) is 3.54. The zero-order valence-electron chi connectivity index (χ0n) is 11.5. The van der Waals surface area contributed by atoms with Gasteiger partial charge in [0, 0.05) is 19.2 Å². The lowest BCUT2D eigenvalue weighted by Crippen LogP contribution is -2.32. The van der Waals surface area contributed by atoms with Crippen molar-refractivity contribution in [1.82, 2.24) is 15.6 Å². The molecule has 7 heteroatoms. The fraction of sp³-hybridized carbons (Fsp3) is 0.571. The molecule has 0 radical (unpaired) electrons. The van der Waals surface area contributed by atoms with Crippen molar-refractivity contribution >= 4 is 5.91 Å². The normalized spacial score (nSPS) is 16.7. The highest BCUT2D eigenvalue weighted by Crippen LogP contribution is 2.27. The van der Waals surface area contributed by atoms with Gasteiger partial charge in [0.1, 0.15) is 5.69 Å². The van der Waals surface area contributed by atoms with Crippen LogP contribution in [0.1, 0.15) is 30.5 Å². The van der Waals surface area contributed by atoms with Crippen molar-refractivity contribution < 1.29 is 18.0 Å². The maximum Gasteiger partial charge on any atom is 0.433 e. The van der Waals surface area contributed by atoms with E-state index in [0.29, 0.717) is 17.9 Å². The Balaban J connectivity index is 1.78. The Bertz CT molecular complexity index is 467. The van der Waals surface area contributed by atoms with Gasteiger partial charge in [-0.05, 0) is 43.5 Å². The summed E-state index contributed by atoms with van der Waals surface area (Å²) in [6.07, 6.45) is -0.856. The molecule has 2 N–H and O–H groups in total. The predicted octanol–water partition coefficient (Wildman–Crippen LogP) is 2.11. The Morgan fingerprint density at radius 3 is 2.62 bits per heavy atom. The van der Waals surface area contributed by atoms with Crippen molar-refractivity contribution in [2.45, 2.75) is 32.0 Å². The quantitative estimate of drug-likeness (QED) is 0.895. The Kier molecular flexibility index (Phi) is 5.17. The van der Waals surface area contributed by atoms with Gasteiger partial charge in [-0.3, -0.25) is 9.78 Å². The van der Waals surface area contributed by atoms with E-state index in [0.717, 1.165) is 38.2 Å². The van der Waals surface area contributed by atoms with Crippen LogP contribution in [0.4, 0.5) is 13.2 Å². The van der Waals surface area contributed by atoms with Gasteiger partial charge in [0.25, 0.3) is 0 Å². The summed E-state index contributed by atoms with van der Waals surface area (Å²) in [7, 11) is 0. The number of nitrogens with zero attached hydrogens (tertiary/aromatic N) is 1. The highest BCUT2D eigenvalue weighted by molar-refractivity contribution is 5.76. The number of hydrogen-bond acceptors (Lipinski definition) is 3.